The van der Waals surface area contributed by atoms with Gasteiger partial charge in [-0.2, -0.15) is 4.31 Å². The number of rotatable bonds is 6. The van der Waals surface area contributed by atoms with Crippen LogP contribution in [0.5, 0.6) is 0 Å². The lowest BCUT2D eigenvalue weighted by Crippen LogP contribution is -2.36. The van der Waals surface area contributed by atoms with Gasteiger partial charge in [-0.25, -0.2) is 8.42 Å². The Morgan fingerprint density at radius 3 is 2.38 bits per heavy atom. The number of carbonyl (C=O) groups excluding carboxylic acids is 1. The van der Waals surface area contributed by atoms with Crippen molar-refractivity contribution < 1.29 is 13.2 Å². The summed E-state index contributed by atoms with van der Waals surface area (Å²) in [6, 6.07) is 15.2. The Balaban J connectivity index is 1.63. The third kappa shape index (κ3) is 4.38. The molecule has 0 aromatic heterocycles. The highest BCUT2D eigenvalue weighted by Gasteiger charge is 2.34. The molecule has 0 unspecified atom stereocenters. The van der Waals surface area contributed by atoms with E-state index in [1.54, 1.807) is 22.5 Å². The number of amides is 1. The van der Waals surface area contributed by atoms with Gasteiger partial charge in [0.1, 0.15) is 0 Å². The number of nitrogens with zero attached hydrogens (tertiary/aromatic N) is 2. The third-order valence-corrected chi connectivity index (χ3v) is 7.73. The first kappa shape index (κ1) is 20.1. The quantitative estimate of drug-likeness (QED) is 0.721. The van der Waals surface area contributed by atoms with Crippen molar-refractivity contribution in [1.29, 1.82) is 0 Å². The molecule has 1 saturated carbocycles. The van der Waals surface area contributed by atoms with Crippen molar-refractivity contribution in [1.82, 2.24) is 9.21 Å². The summed E-state index contributed by atoms with van der Waals surface area (Å²) < 4.78 is 27.7. The van der Waals surface area contributed by atoms with Crippen LogP contribution in [0.2, 0.25) is 0 Å². The van der Waals surface area contributed by atoms with Gasteiger partial charge in [-0.05, 0) is 55.9 Å². The molecule has 2 aromatic carbocycles. The van der Waals surface area contributed by atoms with Gasteiger partial charge in [-0.15, -0.1) is 0 Å². The second-order valence-corrected chi connectivity index (χ2v) is 10.0. The highest BCUT2D eigenvalue weighted by molar-refractivity contribution is 7.89. The van der Waals surface area contributed by atoms with Crippen molar-refractivity contribution in [2.75, 3.05) is 13.1 Å². The molecular formula is C23H28N2O3S. The number of hydrogen-bond donors (Lipinski definition) is 0. The maximum Gasteiger partial charge on any atom is 0.254 e. The van der Waals surface area contributed by atoms with Gasteiger partial charge in [-0.1, -0.05) is 42.8 Å². The molecular weight excluding hydrogens is 384 g/mol. The number of benzene rings is 2. The predicted molar refractivity (Wildman–Crippen MR) is 113 cm³/mol. The maximum absolute atomic E-state index is 13.4. The fraction of sp³-hybridized carbons (Fsp3) is 0.435. The van der Waals surface area contributed by atoms with Gasteiger partial charge in [0.2, 0.25) is 10.0 Å². The summed E-state index contributed by atoms with van der Waals surface area (Å²) >= 11 is 0. The van der Waals surface area contributed by atoms with Gasteiger partial charge in [0.25, 0.3) is 5.91 Å². The van der Waals surface area contributed by atoms with Crippen LogP contribution in [0.15, 0.2) is 53.4 Å². The summed E-state index contributed by atoms with van der Waals surface area (Å²) in [5, 5.41) is 0. The average Bonchev–Trinajstić information content (AvgIpc) is 3.58. The molecule has 1 heterocycles. The van der Waals surface area contributed by atoms with Crippen molar-refractivity contribution in [2.45, 2.75) is 56.5 Å². The molecule has 2 aliphatic rings. The number of sulfonamides is 1. The SMILES string of the molecule is Cc1ccc(S(=O)(=O)N2CCCCC2)cc1C(=O)N(Cc1ccccc1)C1CC1. The smallest absolute Gasteiger partial charge is 0.254 e. The molecule has 0 atom stereocenters. The fourth-order valence-corrected chi connectivity index (χ4v) is 5.48. The summed E-state index contributed by atoms with van der Waals surface area (Å²) in [6.07, 6.45) is 4.86. The minimum Gasteiger partial charge on any atom is -0.331 e. The molecule has 2 aromatic rings. The standard InChI is InChI=1S/C23H28N2O3S/c1-18-10-13-21(29(27,28)24-14-6-3-7-15-24)16-22(18)23(26)25(20-11-12-20)17-19-8-4-2-5-9-19/h2,4-5,8-10,13,16,20H,3,6-7,11-12,14-15,17H2,1H3. The zero-order chi connectivity index (χ0) is 20.4. The van der Waals surface area contributed by atoms with Crippen LogP contribution in [0.4, 0.5) is 0 Å². The zero-order valence-corrected chi connectivity index (χ0v) is 17.7. The van der Waals surface area contributed by atoms with Gasteiger partial charge in [0, 0.05) is 31.2 Å². The van der Waals surface area contributed by atoms with Crippen molar-refractivity contribution in [2.24, 2.45) is 0 Å². The summed E-state index contributed by atoms with van der Waals surface area (Å²) in [4.78, 5) is 15.5. The van der Waals surface area contributed by atoms with E-state index in [-0.39, 0.29) is 16.8 Å². The monoisotopic (exact) mass is 412 g/mol. The van der Waals surface area contributed by atoms with E-state index in [0.717, 1.165) is 43.2 Å². The Morgan fingerprint density at radius 2 is 1.72 bits per heavy atom. The Kier molecular flexibility index (Phi) is 5.74. The van der Waals surface area contributed by atoms with Crippen molar-refractivity contribution in [3.05, 3.63) is 65.2 Å². The van der Waals surface area contributed by atoms with E-state index >= 15 is 0 Å². The molecule has 5 nitrogen and oxygen atoms in total. The minimum atomic E-state index is -3.56. The highest BCUT2D eigenvalue weighted by Crippen LogP contribution is 2.31. The first-order chi connectivity index (χ1) is 14.0. The van der Waals surface area contributed by atoms with Crippen LogP contribution in [0, 0.1) is 6.92 Å². The predicted octanol–water partition coefficient (Wildman–Crippen LogP) is 3.97. The van der Waals surface area contributed by atoms with E-state index < -0.39 is 10.0 Å². The molecule has 0 radical (unpaired) electrons. The summed E-state index contributed by atoms with van der Waals surface area (Å²) in [5.74, 6) is -0.0791. The van der Waals surface area contributed by atoms with Gasteiger partial charge < -0.3 is 4.90 Å². The summed E-state index contributed by atoms with van der Waals surface area (Å²) in [7, 11) is -3.56. The molecule has 0 spiro atoms. The van der Waals surface area contributed by atoms with E-state index in [1.807, 2.05) is 42.2 Å². The molecule has 29 heavy (non-hydrogen) atoms. The van der Waals surface area contributed by atoms with Crippen LogP contribution in [0.3, 0.4) is 0 Å². The van der Waals surface area contributed by atoms with E-state index in [4.69, 9.17) is 0 Å². The van der Waals surface area contributed by atoms with Crippen LogP contribution < -0.4 is 0 Å². The van der Waals surface area contributed by atoms with Gasteiger partial charge in [-0.3, -0.25) is 4.79 Å². The van der Waals surface area contributed by atoms with Crippen LogP contribution in [-0.2, 0) is 16.6 Å². The molecule has 1 amide bonds. The third-order valence-electron chi connectivity index (χ3n) is 5.84. The van der Waals surface area contributed by atoms with Crippen LogP contribution in [-0.4, -0.2) is 42.7 Å². The Bertz CT molecular complexity index is 978. The summed E-state index contributed by atoms with van der Waals surface area (Å²) in [6.45, 7) is 3.54. The maximum atomic E-state index is 13.4. The Morgan fingerprint density at radius 1 is 1.03 bits per heavy atom. The molecule has 0 bridgehead atoms. The molecule has 6 heteroatoms. The first-order valence-electron chi connectivity index (χ1n) is 10.4. The van der Waals surface area contributed by atoms with E-state index in [9.17, 15) is 13.2 Å². The van der Waals surface area contributed by atoms with Crippen molar-refractivity contribution >= 4 is 15.9 Å². The summed E-state index contributed by atoms with van der Waals surface area (Å²) in [5.41, 5.74) is 2.39. The van der Waals surface area contributed by atoms with Crippen LogP contribution in [0.25, 0.3) is 0 Å². The number of piperidine rings is 1. The first-order valence-corrected chi connectivity index (χ1v) is 11.9. The van der Waals surface area contributed by atoms with E-state index in [1.165, 1.54) is 0 Å². The molecule has 154 valence electrons. The topological polar surface area (TPSA) is 57.7 Å². The van der Waals surface area contributed by atoms with Crippen molar-refractivity contribution in [3.63, 3.8) is 0 Å². The molecule has 1 aliphatic heterocycles. The molecule has 2 fully saturated rings. The lowest BCUT2D eigenvalue weighted by atomic mass is 10.1. The number of aryl methyl sites for hydroxylation is 1. The molecule has 0 N–H and O–H groups in total. The molecule has 1 saturated heterocycles. The highest BCUT2D eigenvalue weighted by atomic mass is 32.2. The fourth-order valence-electron chi connectivity index (χ4n) is 3.93. The zero-order valence-electron chi connectivity index (χ0n) is 16.9. The van der Waals surface area contributed by atoms with Crippen molar-refractivity contribution in [3.8, 4) is 0 Å². The Labute approximate surface area is 173 Å². The normalized spacial score (nSPS) is 17.8. The minimum absolute atomic E-state index is 0.0791. The lowest BCUT2D eigenvalue weighted by Gasteiger charge is -2.27. The number of hydrogen-bond acceptors (Lipinski definition) is 3. The van der Waals surface area contributed by atoms with Crippen LogP contribution >= 0.6 is 0 Å². The molecule has 4 rings (SSSR count). The van der Waals surface area contributed by atoms with E-state index in [0.29, 0.717) is 25.2 Å². The second kappa shape index (κ2) is 8.28. The van der Waals surface area contributed by atoms with Gasteiger partial charge in [0.05, 0.1) is 4.90 Å². The average molecular weight is 413 g/mol. The van der Waals surface area contributed by atoms with Gasteiger partial charge >= 0.3 is 0 Å². The molecule has 1 aliphatic carbocycles. The number of carbonyl (C=O) groups is 1. The van der Waals surface area contributed by atoms with Crippen LogP contribution in [0.1, 0.15) is 53.6 Å². The Hall–Kier alpha value is -2.18. The second-order valence-electron chi connectivity index (χ2n) is 8.09. The lowest BCUT2D eigenvalue weighted by molar-refractivity contribution is 0.0729. The van der Waals surface area contributed by atoms with Gasteiger partial charge in [0.15, 0.2) is 0 Å². The largest absolute Gasteiger partial charge is 0.331 e. The van der Waals surface area contributed by atoms with E-state index in [2.05, 4.69) is 0 Å².